The second-order valence-electron chi connectivity index (χ2n) is 5.31. The zero-order valence-corrected chi connectivity index (χ0v) is 15.8. The number of nitrogens with one attached hydrogen (secondary N) is 2. The van der Waals surface area contributed by atoms with E-state index < -0.39 is 18.5 Å². The molecule has 0 aliphatic rings. The second-order valence-corrected chi connectivity index (χ2v) is 6.16. The van der Waals surface area contributed by atoms with E-state index in [1.165, 1.54) is 19.2 Å². The number of amides is 2. The van der Waals surface area contributed by atoms with E-state index in [1.807, 2.05) is 0 Å². The Morgan fingerprint density at radius 1 is 1.07 bits per heavy atom. The summed E-state index contributed by atoms with van der Waals surface area (Å²) in [7, 11) is 1.53. The minimum absolute atomic E-state index is 0.227. The predicted molar refractivity (Wildman–Crippen MR) is 105 cm³/mol. The molecule has 0 aliphatic carbocycles. The van der Waals surface area contributed by atoms with Gasteiger partial charge in [-0.2, -0.15) is 0 Å². The topological polar surface area (TPSA) is 84.5 Å². The molecule has 8 heteroatoms. The van der Waals surface area contributed by atoms with E-state index in [0.29, 0.717) is 26.9 Å². The summed E-state index contributed by atoms with van der Waals surface area (Å²) >= 11 is 11.8. The van der Waals surface area contributed by atoms with Gasteiger partial charge in [-0.1, -0.05) is 29.3 Å². The van der Waals surface area contributed by atoms with Crippen LogP contribution in [0.25, 0.3) is 6.08 Å². The van der Waals surface area contributed by atoms with Gasteiger partial charge in [-0.3, -0.25) is 9.59 Å². The molecule has 0 aromatic heterocycles. The lowest BCUT2D eigenvalue weighted by Crippen LogP contribution is -2.20. The van der Waals surface area contributed by atoms with Crippen molar-refractivity contribution in [1.82, 2.24) is 5.32 Å². The normalized spacial score (nSPS) is 10.5. The molecular weight excluding hydrogens is 391 g/mol. The highest BCUT2D eigenvalue weighted by atomic mass is 35.5. The number of ether oxygens (including phenoxy) is 1. The summed E-state index contributed by atoms with van der Waals surface area (Å²) in [6.45, 7) is -0.450. The molecular formula is C19H16Cl2N2O4. The molecule has 0 bridgehead atoms. The van der Waals surface area contributed by atoms with Gasteiger partial charge in [0.1, 0.15) is 0 Å². The number of hydrogen-bond acceptors (Lipinski definition) is 4. The zero-order chi connectivity index (χ0) is 19.8. The lowest BCUT2D eigenvalue weighted by Gasteiger charge is -2.06. The van der Waals surface area contributed by atoms with Crippen molar-refractivity contribution in [2.24, 2.45) is 0 Å². The molecule has 0 fully saturated rings. The quantitative estimate of drug-likeness (QED) is 0.567. The van der Waals surface area contributed by atoms with Crippen molar-refractivity contribution < 1.29 is 19.1 Å². The Balaban J connectivity index is 1.83. The monoisotopic (exact) mass is 406 g/mol. The highest BCUT2D eigenvalue weighted by Gasteiger charge is 2.07. The van der Waals surface area contributed by atoms with E-state index in [2.05, 4.69) is 10.6 Å². The molecule has 6 nitrogen and oxygen atoms in total. The largest absolute Gasteiger partial charge is 0.452 e. The van der Waals surface area contributed by atoms with Gasteiger partial charge in [-0.25, -0.2) is 4.79 Å². The smallest absolute Gasteiger partial charge is 0.331 e. The molecule has 0 aliphatic heterocycles. The molecule has 2 aromatic rings. The Morgan fingerprint density at radius 3 is 2.41 bits per heavy atom. The van der Waals surface area contributed by atoms with Gasteiger partial charge in [-0.05, 0) is 48.0 Å². The molecule has 0 spiro atoms. The summed E-state index contributed by atoms with van der Waals surface area (Å²) in [4.78, 5) is 35.0. The van der Waals surface area contributed by atoms with E-state index in [9.17, 15) is 14.4 Å². The van der Waals surface area contributed by atoms with Crippen LogP contribution in [-0.2, 0) is 14.3 Å². The lowest BCUT2D eigenvalue weighted by atomic mass is 10.2. The van der Waals surface area contributed by atoms with Crippen LogP contribution in [0.5, 0.6) is 0 Å². The second kappa shape index (κ2) is 9.75. The first-order valence-corrected chi connectivity index (χ1v) is 8.56. The van der Waals surface area contributed by atoms with Crippen LogP contribution in [-0.4, -0.2) is 31.4 Å². The lowest BCUT2D eigenvalue weighted by molar-refractivity contribution is -0.142. The minimum atomic E-state index is -0.689. The van der Waals surface area contributed by atoms with Crippen molar-refractivity contribution >= 4 is 52.7 Å². The Kier molecular flexibility index (Phi) is 7.40. The highest BCUT2D eigenvalue weighted by molar-refractivity contribution is 6.35. The molecule has 140 valence electrons. The summed E-state index contributed by atoms with van der Waals surface area (Å²) in [5.74, 6) is -1.42. The molecule has 0 atom stereocenters. The SMILES string of the molecule is CNC(=O)c1ccc(NC(=O)COC(=O)/C=C/c2ccc(Cl)cc2Cl)cc1. The van der Waals surface area contributed by atoms with Gasteiger partial charge in [0.25, 0.3) is 11.8 Å². The van der Waals surface area contributed by atoms with Crippen LogP contribution in [0.3, 0.4) is 0 Å². The van der Waals surface area contributed by atoms with Crippen LogP contribution in [0, 0.1) is 0 Å². The maximum atomic E-state index is 11.8. The standard InChI is InChI=1S/C19H16Cl2N2O4/c1-22-19(26)13-3-7-15(8-4-13)23-17(24)11-27-18(25)9-5-12-2-6-14(20)10-16(12)21/h2-10H,11H2,1H3,(H,22,26)(H,23,24)/b9-5+. The number of benzene rings is 2. The fraction of sp³-hybridized carbons (Fsp3) is 0.105. The van der Waals surface area contributed by atoms with Crippen molar-refractivity contribution in [3.8, 4) is 0 Å². The average Bonchev–Trinajstić information content (AvgIpc) is 2.65. The third-order valence-corrected chi connectivity index (χ3v) is 3.93. The number of carbonyl (C=O) groups excluding carboxylic acids is 3. The fourth-order valence-corrected chi connectivity index (χ4v) is 2.50. The Bertz CT molecular complexity index is 880. The van der Waals surface area contributed by atoms with E-state index in [-0.39, 0.29) is 5.91 Å². The average molecular weight is 407 g/mol. The molecule has 0 radical (unpaired) electrons. The number of anilines is 1. The number of esters is 1. The van der Waals surface area contributed by atoms with Gasteiger partial charge >= 0.3 is 5.97 Å². The third kappa shape index (κ3) is 6.44. The highest BCUT2D eigenvalue weighted by Crippen LogP contribution is 2.21. The van der Waals surface area contributed by atoms with Crippen molar-refractivity contribution in [3.63, 3.8) is 0 Å². The van der Waals surface area contributed by atoms with E-state index in [4.69, 9.17) is 27.9 Å². The van der Waals surface area contributed by atoms with E-state index >= 15 is 0 Å². The van der Waals surface area contributed by atoms with Crippen LogP contribution in [0.1, 0.15) is 15.9 Å². The fourth-order valence-electron chi connectivity index (χ4n) is 2.03. The van der Waals surface area contributed by atoms with Gasteiger partial charge in [0.05, 0.1) is 0 Å². The van der Waals surface area contributed by atoms with Crippen LogP contribution < -0.4 is 10.6 Å². The zero-order valence-electron chi connectivity index (χ0n) is 14.3. The maximum Gasteiger partial charge on any atom is 0.331 e. The molecule has 27 heavy (non-hydrogen) atoms. The van der Waals surface area contributed by atoms with E-state index in [0.717, 1.165) is 0 Å². The summed E-state index contributed by atoms with van der Waals surface area (Å²) in [6.07, 6.45) is 2.64. The van der Waals surface area contributed by atoms with Gasteiger partial charge in [0.15, 0.2) is 6.61 Å². The van der Waals surface area contributed by atoms with Crippen LogP contribution in [0.15, 0.2) is 48.5 Å². The van der Waals surface area contributed by atoms with Gasteiger partial charge in [0, 0.05) is 34.4 Å². The number of rotatable bonds is 6. The Labute approximate surface area is 166 Å². The predicted octanol–water partition coefficient (Wildman–Crippen LogP) is 3.55. The molecule has 0 heterocycles. The summed E-state index contributed by atoms with van der Waals surface area (Å²) < 4.78 is 4.87. The number of halogens is 2. The molecule has 2 rings (SSSR count). The number of carbonyl (C=O) groups is 3. The summed E-state index contributed by atoms with van der Waals surface area (Å²) in [6, 6.07) is 11.1. The van der Waals surface area contributed by atoms with Gasteiger partial charge < -0.3 is 15.4 Å². The van der Waals surface area contributed by atoms with E-state index in [1.54, 1.807) is 42.5 Å². The minimum Gasteiger partial charge on any atom is -0.452 e. The molecule has 2 N–H and O–H groups in total. The molecule has 0 saturated carbocycles. The van der Waals surface area contributed by atoms with Crippen molar-refractivity contribution in [3.05, 3.63) is 69.7 Å². The first-order chi connectivity index (χ1) is 12.9. The summed E-state index contributed by atoms with van der Waals surface area (Å²) in [5, 5.41) is 5.94. The maximum absolute atomic E-state index is 11.8. The molecule has 2 aromatic carbocycles. The van der Waals surface area contributed by atoms with Gasteiger partial charge in [-0.15, -0.1) is 0 Å². The van der Waals surface area contributed by atoms with Crippen LogP contribution in [0.4, 0.5) is 5.69 Å². The Hall–Kier alpha value is -2.83. The first kappa shape index (κ1) is 20.5. The Morgan fingerprint density at radius 2 is 1.78 bits per heavy atom. The molecule has 0 saturated heterocycles. The van der Waals surface area contributed by atoms with Crippen molar-refractivity contribution in [2.75, 3.05) is 19.0 Å². The number of hydrogen-bond donors (Lipinski definition) is 2. The third-order valence-electron chi connectivity index (χ3n) is 3.36. The van der Waals surface area contributed by atoms with Crippen molar-refractivity contribution in [1.29, 1.82) is 0 Å². The first-order valence-electron chi connectivity index (χ1n) is 7.81. The van der Waals surface area contributed by atoms with Gasteiger partial charge in [0.2, 0.25) is 0 Å². The van der Waals surface area contributed by atoms with Crippen molar-refractivity contribution in [2.45, 2.75) is 0 Å². The molecule has 2 amide bonds. The summed E-state index contributed by atoms with van der Waals surface area (Å²) in [5.41, 5.74) is 1.54. The molecule has 0 unspecified atom stereocenters. The van der Waals surface area contributed by atoms with Crippen LogP contribution >= 0.6 is 23.2 Å². The van der Waals surface area contributed by atoms with Crippen LogP contribution in [0.2, 0.25) is 10.0 Å².